The lowest BCUT2D eigenvalue weighted by molar-refractivity contribution is -0.0399. The highest BCUT2D eigenvalue weighted by Crippen LogP contribution is 2.33. The van der Waals surface area contributed by atoms with E-state index in [9.17, 15) is 26.7 Å². The lowest BCUT2D eigenvalue weighted by Gasteiger charge is -2.28. The first kappa shape index (κ1) is 18.3. The van der Waals surface area contributed by atoms with Crippen molar-refractivity contribution in [2.45, 2.75) is 37.6 Å². The minimum absolute atomic E-state index is 0.0286. The predicted molar refractivity (Wildman–Crippen MR) is 84.2 cm³/mol. The van der Waals surface area contributed by atoms with Gasteiger partial charge in [-0.15, -0.1) is 0 Å². The Morgan fingerprint density at radius 2 is 1.62 bits per heavy atom. The molecule has 1 amide bonds. The summed E-state index contributed by atoms with van der Waals surface area (Å²) in [5, 5.41) is 2.66. The van der Waals surface area contributed by atoms with Crippen LogP contribution in [0, 0.1) is 17.5 Å². The van der Waals surface area contributed by atoms with E-state index in [1.54, 1.807) is 0 Å². The number of hydrogen-bond donors (Lipinski definition) is 1. The van der Waals surface area contributed by atoms with Gasteiger partial charge in [0.1, 0.15) is 0 Å². The van der Waals surface area contributed by atoms with E-state index < -0.39 is 29.3 Å². The molecule has 1 aromatic heterocycles. The van der Waals surface area contributed by atoms with E-state index in [0.29, 0.717) is 0 Å². The van der Waals surface area contributed by atoms with Crippen molar-refractivity contribution in [3.05, 3.63) is 53.6 Å². The van der Waals surface area contributed by atoms with Crippen LogP contribution in [0.5, 0.6) is 0 Å². The number of halogens is 5. The summed E-state index contributed by atoms with van der Waals surface area (Å²) < 4.78 is 66.2. The molecule has 26 heavy (non-hydrogen) atoms. The van der Waals surface area contributed by atoms with Crippen molar-refractivity contribution in [2.24, 2.45) is 0 Å². The summed E-state index contributed by atoms with van der Waals surface area (Å²) in [7, 11) is 0. The Balaban J connectivity index is 1.76. The van der Waals surface area contributed by atoms with E-state index in [2.05, 4.69) is 10.3 Å². The third-order valence-electron chi connectivity index (χ3n) is 4.37. The van der Waals surface area contributed by atoms with Gasteiger partial charge < -0.3 is 5.32 Å². The number of nitrogens with one attached hydrogen (secondary N) is 1. The van der Waals surface area contributed by atoms with Gasteiger partial charge in [0.05, 0.1) is 5.56 Å². The Hall–Kier alpha value is -2.51. The van der Waals surface area contributed by atoms with Crippen molar-refractivity contribution < 1.29 is 26.7 Å². The third-order valence-corrected chi connectivity index (χ3v) is 4.37. The van der Waals surface area contributed by atoms with Crippen LogP contribution in [-0.4, -0.2) is 22.9 Å². The molecule has 0 spiro atoms. The molecule has 1 fully saturated rings. The highest BCUT2D eigenvalue weighted by atomic mass is 19.3. The number of aromatic nitrogens is 1. The Labute approximate surface area is 146 Å². The predicted octanol–water partition coefficient (Wildman–Crippen LogP) is 4.47. The molecular formula is C18H15F5N2O. The number of alkyl halides is 2. The fourth-order valence-corrected chi connectivity index (χ4v) is 2.90. The zero-order valence-corrected chi connectivity index (χ0v) is 13.5. The molecule has 0 bridgehead atoms. The van der Waals surface area contributed by atoms with Crippen LogP contribution in [0.25, 0.3) is 11.1 Å². The number of pyridine rings is 1. The third kappa shape index (κ3) is 4.00. The van der Waals surface area contributed by atoms with Gasteiger partial charge >= 0.3 is 0 Å². The van der Waals surface area contributed by atoms with Crippen LogP contribution in [-0.2, 0) is 0 Å². The highest BCUT2D eigenvalue weighted by molar-refractivity contribution is 5.95. The second kappa shape index (κ2) is 7.01. The molecule has 0 saturated heterocycles. The normalized spacial score (nSPS) is 17.1. The molecule has 0 unspecified atom stereocenters. The van der Waals surface area contributed by atoms with Crippen molar-refractivity contribution in [3.63, 3.8) is 0 Å². The number of nitrogens with zero attached hydrogens (tertiary/aromatic N) is 1. The first-order valence-corrected chi connectivity index (χ1v) is 8.04. The average molecular weight is 370 g/mol. The molecule has 1 saturated carbocycles. The fourth-order valence-electron chi connectivity index (χ4n) is 2.90. The van der Waals surface area contributed by atoms with Crippen molar-refractivity contribution in [2.75, 3.05) is 0 Å². The summed E-state index contributed by atoms with van der Waals surface area (Å²) >= 11 is 0. The van der Waals surface area contributed by atoms with E-state index in [4.69, 9.17) is 0 Å². The average Bonchev–Trinajstić information content (AvgIpc) is 2.61. The minimum Gasteiger partial charge on any atom is -0.349 e. The molecule has 3 nitrogen and oxygen atoms in total. The monoisotopic (exact) mass is 370 g/mol. The quantitative estimate of drug-likeness (QED) is 0.640. The molecule has 8 heteroatoms. The maximum absolute atomic E-state index is 13.4. The van der Waals surface area contributed by atoms with Crippen molar-refractivity contribution in [1.29, 1.82) is 0 Å². The molecule has 1 heterocycles. The molecule has 1 aliphatic carbocycles. The van der Waals surface area contributed by atoms with Crippen LogP contribution in [0.2, 0.25) is 0 Å². The van der Waals surface area contributed by atoms with Gasteiger partial charge in [-0.05, 0) is 36.6 Å². The Kier molecular flexibility index (Phi) is 4.93. The van der Waals surface area contributed by atoms with Gasteiger partial charge in [0.2, 0.25) is 5.92 Å². The molecular weight excluding hydrogens is 355 g/mol. The molecule has 0 radical (unpaired) electrons. The van der Waals surface area contributed by atoms with Crippen LogP contribution in [0.4, 0.5) is 22.0 Å². The molecule has 0 atom stereocenters. The van der Waals surface area contributed by atoms with E-state index in [-0.39, 0.29) is 48.4 Å². The van der Waals surface area contributed by atoms with Gasteiger partial charge in [0.25, 0.3) is 5.91 Å². The van der Waals surface area contributed by atoms with Crippen LogP contribution in [0.15, 0.2) is 30.6 Å². The van der Waals surface area contributed by atoms with Crippen LogP contribution in [0.1, 0.15) is 36.0 Å². The van der Waals surface area contributed by atoms with Crippen LogP contribution >= 0.6 is 0 Å². The SMILES string of the molecule is O=C(NC1CCC(F)(F)CC1)c1cncc(-c2cc(F)c(F)c(F)c2)c1. The zero-order chi connectivity index (χ0) is 18.9. The number of benzene rings is 1. The topological polar surface area (TPSA) is 42.0 Å². The molecule has 1 aliphatic rings. The van der Waals surface area contributed by atoms with Crippen LogP contribution < -0.4 is 5.32 Å². The number of carbonyl (C=O) groups excluding carboxylic acids is 1. The van der Waals surface area contributed by atoms with E-state index >= 15 is 0 Å². The van der Waals surface area contributed by atoms with Gasteiger partial charge in [-0.1, -0.05) is 0 Å². The maximum Gasteiger partial charge on any atom is 0.253 e. The van der Waals surface area contributed by atoms with Gasteiger partial charge in [-0.2, -0.15) is 0 Å². The minimum atomic E-state index is -2.70. The van der Waals surface area contributed by atoms with Gasteiger partial charge in [0.15, 0.2) is 17.5 Å². The largest absolute Gasteiger partial charge is 0.349 e. The first-order valence-electron chi connectivity index (χ1n) is 8.04. The van der Waals surface area contributed by atoms with E-state index in [1.165, 1.54) is 18.5 Å². The summed E-state index contributed by atoms with van der Waals surface area (Å²) in [4.78, 5) is 16.2. The second-order valence-corrected chi connectivity index (χ2v) is 6.32. The Morgan fingerprint density at radius 3 is 2.23 bits per heavy atom. The van der Waals surface area contributed by atoms with Crippen LogP contribution in [0.3, 0.4) is 0 Å². The van der Waals surface area contributed by atoms with E-state index in [0.717, 1.165) is 12.1 Å². The lowest BCUT2D eigenvalue weighted by Crippen LogP contribution is -2.40. The first-order chi connectivity index (χ1) is 12.2. The molecule has 138 valence electrons. The standard InChI is InChI=1S/C18H15F5N2O/c19-14-6-10(7-15(20)16(14)21)11-5-12(9-24-8-11)17(26)25-13-1-3-18(22,23)4-2-13/h5-9,13H,1-4H2,(H,25,26). The molecule has 1 N–H and O–H groups in total. The van der Waals surface area contributed by atoms with E-state index in [1.807, 2.05) is 0 Å². The fraction of sp³-hybridized carbons (Fsp3) is 0.333. The summed E-state index contributed by atoms with van der Waals surface area (Å²) in [6, 6.07) is 2.60. The summed E-state index contributed by atoms with van der Waals surface area (Å²) in [5.74, 6) is -7.49. The van der Waals surface area contributed by atoms with Gasteiger partial charge in [0, 0.05) is 36.8 Å². The second-order valence-electron chi connectivity index (χ2n) is 6.32. The van der Waals surface area contributed by atoms with Crippen molar-refractivity contribution in [1.82, 2.24) is 10.3 Å². The van der Waals surface area contributed by atoms with Crippen molar-refractivity contribution in [3.8, 4) is 11.1 Å². The number of amides is 1. The highest BCUT2D eigenvalue weighted by Gasteiger charge is 2.35. The number of rotatable bonds is 3. The molecule has 1 aromatic carbocycles. The number of hydrogen-bond acceptors (Lipinski definition) is 2. The molecule has 3 rings (SSSR count). The van der Waals surface area contributed by atoms with Crippen molar-refractivity contribution >= 4 is 5.91 Å². The smallest absolute Gasteiger partial charge is 0.253 e. The van der Waals surface area contributed by atoms with Gasteiger partial charge in [-0.25, -0.2) is 22.0 Å². The Morgan fingerprint density at radius 1 is 1.00 bits per heavy atom. The Bertz CT molecular complexity index is 807. The lowest BCUT2D eigenvalue weighted by atomic mass is 9.92. The molecule has 2 aromatic rings. The zero-order valence-electron chi connectivity index (χ0n) is 13.5. The number of carbonyl (C=O) groups is 1. The van der Waals surface area contributed by atoms with Gasteiger partial charge in [-0.3, -0.25) is 9.78 Å². The summed E-state index contributed by atoms with van der Waals surface area (Å²) in [6.07, 6.45) is 2.30. The molecule has 0 aliphatic heterocycles. The summed E-state index contributed by atoms with van der Waals surface area (Å²) in [5.41, 5.74) is 0.372. The maximum atomic E-state index is 13.4. The summed E-state index contributed by atoms with van der Waals surface area (Å²) in [6.45, 7) is 0.